The van der Waals surface area contributed by atoms with Crippen LogP contribution in [-0.2, 0) is 13.1 Å². The summed E-state index contributed by atoms with van der Waals surface area (Å²) in [5.41, 5.74) is 3.08. The molecule has 2 heterocycles. The number of amides is 1. The molecule has 0 atom stereocenters. The molecule has 0 bridgehead atoms. The standard InChI is InChI=1S/C24H22ClF3N4O2/c25-19-3-1-17(2-4-19)13-30-23(33)22-14-29-10-9-18(22)15-31-11-12-32(16-31)20-5-7-21(8-6-20)34-24(26,27)28/h1-10,14H,11-13,15-16H2,(H,30,33). The highest BCUT2D eigenvalue weighted by molar-refractivity contribution is 6.30. The molecule has 178 valence electrons. The summed E-state index contributed by atoms with van der Waals surface area (Å²) < 4.78 is 41.0. The highest BCUT2D eigenvalue weighted by atomic mass is 35.5. The van der Waals surface area contributed by atoms with Crippen LogP contribution in [0.25, 0.3) is 0 Å². The number of benzene rings is 2. The van der Waals surface area contributed by atoms with Crippen molar-refractivity contribution in [3.63, 3.8) is 0 Å². The number of carbonyl (C=O) groups excluding carboxylic acids is 1. The smallest absolute Gasteiger partial charge is 0.406 e. The summed E-state index contributed by atoms with van der Waals surface area (Å²) in [4.78, 5) is 21.1. The first-order valence-corrected chi connectivity index (χ1v) is 10.9. The maximum absolute atomic E-state index is 12.8. The molecule has 1 amide bonds. The van der Waals surface area contributed by atoms with Gasteiger partial charge in [0.2, 0.25) is 0 Å². The fourth-order valence-electron chi connectivity index (χ4n) is 3.73. The number of carbonyl (C=O) groups is 1. The molecule has 0 aliphatic carbocycles. The van der Waals surface area contributed by atoms with Crippen LogP contribution in [0.15, 0.2) is 67.0 Å². The van der Waals surface area contributed by atoms with E-state index in [1.807, 2.05) is 18.2 Å². The lowest BCUT2D eigenvalue weighted by atomic mass is 10.1. The number of hydrogen-bond donors (Lipinski definition) is 1. The van der Waals surface area contributed by atoms with Gasteiger partial charge in [-0.15, -0.1) is 13.2 Å². The van der Waals surface area contributed by atoms with Crippen molar-refractivity contribution in [3.05, 3.63) is 88.7 Å². The second kappa shape index (κ2) is 10.3. The van der Waals surface area contributed by atoms with Crippen molar-refractivity contribution in [2.45, 2.75) is 19.5 Å². The molecule has 0 radical (unpaired) electrons. The van der Waals surface area contributed by atoms with Gasteiger partial charge in [0.05, 0.1) is 12.2 Å². The van der Waals surface area contributed by atoms with E-state index in [-0.39, 0.29) is 11.7 Å². The zero-order valence-electron chi connectivity index (χ0n) is 18.1. The van der Waals surface area contributed by atoms with Crippen molar-refractivity contribution >= 4 is 23.2 Å². The number of anilines is 1. The van der Waals surface area contributed by atoms with Crippen molar-refractivity contribution in [1.82, 2.24) is 15.2 Å². The topological polar surface area (TPSA) is 57.7 Å². The van der Waals surface area contributed by atoms with Gasteiger partial charge in [0.25, 0.3) is 5.91 Å². The predicted octanol–water partition coefficient (Wildman–Crippen LogP) is 4.84. The van der Waals surface area contributed by atoms with Crippen molar-refractivity contribution in [2.75, 3.05) is 24.7 Å². The van der Waals surface area contributed by atoms with Gasteiger partial charge in [0.1, 0.15) is 5.75 Å². The van der Waals surface area contributed by atoms with Gasteiger partial charge in [0.15, 0.2) is 0 Å². The van der Waals surface area contributed by atoms with Crippen molar-refractivity contribution < 1.29 is 22.7 Å². The zero-order chi connectivity index (χ0) is 24.1. The number of hydrogen-bond acceptors (Lipinski definition) is 5. The van der Waals surface area contributed by atoms with Crippen LogP contribution in [0.2, 0.25) is 5.02 Å². The number of halogens is 4. The number of nitrogens with zero attached hydrogens (tertiary/aromatic N) is 3. The third kappa shape index (κ3) is 6.39. The van der Waals surface area contributed by atoms with Gasteiger partial charge in [-0.25, -0.2) is 0 Å². The van der Waals surface area contributed by atoms with E-state index in [0.717, 1.165) is 23.4 Å². The molecule has 0 spiro atoms. The average molecular weight is 491 g/mol. The van der Waals surface area contributed by atoms with Crippen molar-refractivity contribution in [1.29, 1.82) is 0 Å². The monoisotopic (exact) mass is 490 g/mol. The Morgan fingerprint density at radius 1 is 1.06 bits per heavy atom. The van der Waals surface area contributed by atoms with Gasteiger partial charge in [-0.05, 0) is 53.6 Å². The molecule has 6 nitrogen and oxygen atoms in total. The molecule has 1 aliphatic heterocycles. The number of aromatic nitrogens is 1. The molecule has 34 heavy (non-hydrogen) atoms. The molecule has 1 aromatic heterocycles. The first-order valence-electron chi connectivity index (χ1n) is 10.6. The highest BCUT2D eigenvalue weighted by Gasteiger charge is 2.31. The number of nitrogens with one attached hydrogen (secondary N) is 1. The van der Waals surface area contributed by atoms with Crippen LogP contribution >= 0.6 is 11.6 Å². The molecule has 2 aromatic carbocycles. The second-order valence-corrected chi connectivity index (χ2v) is 8.28. The molecule has 0 saturated carbocycles. The normalized spacial score (nSPS) is 14.3. The predicted molar refractivity (Wildman–Crippen MR) is 123 cm³/mol. The maximum atomic E-state index is 12.8. The fourth-order valence-corrected chi connectivity index (χ4v) is 3.86. The molecule has 1 N–H and O–H groups in total. The van der Waals surface area contributed by atoms with Crippen molar-refractivity contribution in [3.8, 4) is 5.75 Å². The summed E-state index contributed by atoms with van der Waals surface area (Å²) in [6.45, 7) is 2.94. The van der Waals surface area contributed by atoms with Crippen LogP contribution < -0.4 is 15.0 Å². The quantitative estimate of drug-likeness (QED) is 0.513. The summed E-state index contributed by atoms with van der Waals surface area (Å²) >= 11 is 5.90. The third-order valence-corrected chi connectivity index (χ3v) is 5.66. The molecule has 1 saturated heterocycles. The van der Waals surface area contributed by atoms with Crippen LogP contribution in [0.5, 0.6) is 5.75 Å². The SMILES string of the molecule is O=C(NCc1ccc(Cl)cc1)c1cnccc1CN1CCN(c2ccc(OC(F)(F)F)cc2)C1. The van der Waals surface area contributed by atoms with Gasteiger partial charge in [0, 0.05) is 49.3 Å². The first kappa shape index (κ1) is 23.8. The lowest BCUT2D eigenvalue weighted by molar-refractivity contribution is -0.274. The van der Waals surface area contributed by atoms with E-state index in [9.17, 15) is 18.0 Å². The van der Waals surface area contributed by atoms with Gasteiger partial charge >= 0.3 is 6.36 Å². The average Bonchev–Trinajstić information content (AvgIpc) is 3.27. The summed E-state index contributed by atoms with van der Waals surface area (Å²) in [5.74, 6) is -0.465. The summed E-state index contributed by atoms with van der Waals surface area (Å²) in [6, 6.07) is 14.9. The van der Waals surface area contributed by atoms with Gasteiger partial charge in [-0.1, -0.05) is 23.7 Å². The van der Waals surface area contributed by atoms with E-state index in [1.165, 1.54) is 12.1 Å². The fraction of sp³-hybridized carbons (Fsp3) is 0.250. The third-order valence-electron chi connectivity index (χ3n) is 5.41. The Bertz CT molecular complexity index is 1120. The van der Waals surface area contributed by atoms with Gasteiger partial charge in [-0.2, -0.15) is 0 Å². The first-order chi connectivity index (χ1) is 16.3. The molecule has 1 fully saturated rings. The van der Waals surface area contributed by atoms with Crippen LogP contribution in [0.4, 0.5) is 18.9 Å². The Labute approximate surface area is 199 Å². The number of ether oxygens (including phenoxy) is 1. The number of alkyl halides is 3. The summed E-state index contributed by atoms with van der Waals surface area (Å²) in [5, 5.41) is 3.55. The lowest BCUT2D eigenvalue weighted by Crippen LogP contribution is -2.28. The van der Waals surface area contributed by atoms with Crippen LogP contribution in [-0.4, -0.2) is 41.9 Å². The Morgan fingerprint density at radius 3 is 2.50 bits per heavy atom. The molecule has 3 aromatic rings. The minimum atomic E-state index is -4.71. The maximum Gasteiger partial charge on any atom is 0.573 e. The second-order valence-electron chi connectivity index (χ2n) is 7.84. The van der Waals surface area contributed by atoms with E-state index in [1.54, 1.807) is 36.7 Å². The molecule has 4 rings (SSSR count). The minimum Gasteiger partial charge on any atom is -0.406 e. The lowest BCUT2D eigenvalue weighted by Gasteiger charge is -2.21. The van der Waals surface area contributed by atoms with Gasteiger partial charge in [-0.3, -0.25) is 14.7 Å². The zero-order valence-corrected chi connectivity index (χ0v) is 18.8. The molecule has 10 heteroatoms. The summed E-state index contributed by atoms with van der Waals surface area (Å²) in [6.07, 6.45) is -1.51. The largest absolute Gasteiger partial charge is 0.573 e. The Kier molecular flexibility index (Phi) is 7.23. The van der Waals surface area contributed by atoms with Gasteiger partial charge < -0.3 is 15.0 Å². The van der Waals surface area contributed by atoms with Crippen LogP contribution in [0.3, 0.4) is 0 Å². The van der Waals surface area contributed by atoms with E-state index in [2.05, 4.69) is 24.8 Å². The van der Waals surface area contributed by atoms with Crippen molar-refractivity contribution in [2.24, 2.45) is 0 Å². The Morgan fingerprint density at radius 2 is 1.79 bits per heavy atom. The number of rotatable bonds is 7. The van der Waals surface area contributed by atoms with E-state index < -0.39 is 6.36 Å². The number of pyridine rings is 1. The molecular weight excluding hydrogens is 469 g/mol. The highest BCUT2D eigenvalue weighted by Crippen LogP contribution is 2.27. The molecular formula is C24H22ClF3N4O2. The van der Waals surface area contributed by atoms with E-state index >= 15 is 0 Å². The molecule has 1 aliphatic rings. The molecule has 0 unspecified atom stereocenters. The Balaban J connectivity index is 1.35. The van der Waals surface area contributed by atoms with Crippen LogP contribution in [0.1, 0.15) is 21.5 Å². The summed E-state index contributed by atoms with van der Waals surface area (Å²) in [7, 11) is 0. The van der Waals surface area contributed by atoms with E-state index in [4.69, 9.17) is 11.6 Å². The van der Waals surface area contributed by atoms with Crippen LogP contribution in [0, 0.1) is 0 Å². The Hall–Kier alpha value is -3.30. The minimum absolute atomic E-state index is 0.214. The van der Waals surface area contributed by atoms with E-state index in [0.29, 0.717) is 36.9 Å².